The number of nitrogens with one attached hydrogen (secondary N) is 1. The number of H-pyrrole nitrogens is 1. The monoisotopic (exact) mass is 389 g/mol. The fourth-order valence-corrected chi connectivity index (χ4v) is 2.70. The molecule has 2 rings (SSSR count). The number of aliphatic hydroxyl groups excluding tert-OH is 2. The molecule has 152 valence electrons. The van der Waals surface area contributed by atoms with Gasteiger partial charge in [-0.1, -0.05) is 6.92 Å². The molecule has 0 aliphatic rings. The molecule has 0 spiro atoms. The molecule has 0 fully saturated rings. The summed E-state index contributed by atoms with van der Waals surface area (Å²) in [5.41, 5.74) is 1.74. The van der Waals surface area contributed by atoms with E-state index in [1.165, 1.54) is 4.90 Å². The van der Waals surface area contributed by atoms with Crippen molar-refractivity contribution in [1.82, 2.24) is 14.9 Å². The molecule has 3 N–H and O–H groups in total. The highest BCUT2D eigenvalue weighted by atomic mass is 16.5. The second-order valence-corrected chi connectivity index (χ2v) is 6.42. The summed E-state index contributed by atoms with van der Waals surface area (Å²) in [7, 11) is 0. The van der Waals surface area contributed by atoms with Crippen LogP contribution in [0.4, 0.5) is 0 Å². The first kappa shape index (κ1) is 21.6. The topological polar surface area (TPSA) is 116 Å². The highest BCUT2D eigenvalue weighted by molar-refractivity contribution is 5.96. The van der Waals surface area contributed by atoms with Gasteiger partial charge in [0.25, 0.3) is 11.5 Å². The SMILES string of the molecule is CCCOc1ccc(C(=O)N(CCO)CCO)cc1-c1nc(C)c(C)c(=O)[nH]1. The van der Waals surface area contributed by atoms with Crippen molar-refractivity contribution in [3.05, 3.63) is 45.4 Å². The van der Waals surface area contributed by atoms with Crippen molar-refractivity contribution in [3.63, 3.8) is 0 Å². The lowest BCUT2D eigenvalue weighted by molar-refractivity contribution is 0.0685. The fraction of sp³-hybridized carbons (Fsp3) is 0.450. The summed E-state index contributed by atoms with van der Waals surface area (Å²) in [5.74, 6) is 0.503. The third kappa shape index (κ3) is 4.96. The quantitative estimate of drug-likeness (QED) is 0.595. The van der Waals surface area contributed by atoms with Gasteiger partial charge in [-0.25, -0.2) is 4.98 Å². The van der Waals surface area contributed by atoms with Crippen LogP contribution < -0.4 is 10.3 Å². The van der Waals surface area contributed by atoms with E-state index in [0.717, 1.165) is 6.42 Å². The molecule has 8 nitrogen and oxygen atoms in total. The number of aromatic nitrogens is 2. The molecular weight excluding hydrogens is 362 g/mol. The number of ether oxygens (including phenoxy) is 1. The Labute approximate surface area is 163 Å². The second-order valence-electron chi connectivity index (χ2n) is 6.42. The largest absolute Gasteiger partial charge is 0.493 e. The normalized spacial score (nSPS) is 10.8. The van der Waals surface area contributed by atoms with E-state index in [0.29, 0.717) is 40.6 Å². The van der Waals surface area contributed by atoms with E-state index in [1.54, 1.807) is 32.0 Å². The van der Waals surface area contributed by atoms with Crippen LogP contribution in [0.5, 0.6) is 5.75 Å². The number of aliphatic hydroxyl groups is 2. The number of amides is 1. The van der Waals surface area contributed by atoms with Gasteiger partial charge in [-0.05, 0) is 38.5 Å². The zero-order valence-corrected chi connectivity index (χ0v) is 16.5. The standard InChI is InChI=1S/C20H27N3O5/c1-4-11-28-17-6-5-15(20(27)23(7-9-24)8-10-25)12-16(17)18-21-14(3)13(2)19(26)22-18/h5-6,12,24-25H,4,7-11H2,1-3H3,(H,21,22,26). The average Bonchev–Trinajstić information content (AvgIpc) is 2.69. The Morgan fingerprint density at radius 2 is 1.89 bits per heavy atom. The van der Waals surface area contributed by atoms with Crippen LogP contribution in [0, 0.1) is 13.8 Å². The van der Waals surface area contributed by atoms with Crippen molar-refractivity contribution in [2.45, 2.75) is 27.2 Å². The van der Waals surface area contributed by atoms with Crippen molar-refractivity contribution in [1.29, 1.82) is 0 Å². The van der Waals surface area contributed by atoms with E-state index in [1.807, 2.05) is 6.92 Å². The van der Waals surface area contributed by atoms with Gasteiger partial charge in [0.05, 0.1) is 25.4 Å². The number of hydrogen-bond donors (Lipinski definition) is 3. The van der Waals surface area contributed by atoms with E-state index in [9.17, 15) is 19.8 Å². The number of carbonyl (C=O) groups is 1. The average molecular weight is 389 g/mol. The second kappa shape index (κ2) is 10.0. The molecule has 1 amide bonds. The summed E-state index contributed by atoms with van der Waals surface area (Å²) in [6, 6.07) is 4.91. The summed E-state index contributed by atoms with van der Waals surface area (Å²) in [6.45, 7) is 5.72. The van der Waals surface area contributed by atoms with Gasteiger partial charge in [-0.2, -0.15) is 0 Å². The number of aromatic amines is 1. The molecule has 0 saturated carbocycles. The van der Waals surface area contributed by atoms with Crippen LogP contribution in [-0.2, 0) is 0 Å². The van der Waals surface area contributed by atoms with E-state index in [-0.39, 0.29) is 37.8 Å². The van der Waals surface area contributed by atoms with E-state index >= 15 is 0 Å². The molecule has 0 unspecified atom stereocenters. The van der Waals surface area contributed by atoms with Crippen LogP contribution in [0.3, 0.4) is 0 Å². The molecule has 0 saturated heterocycles. The molecule has 0 aliphatic heterocycles. The van der Waals surface area contributed by atoms with Crippen LogP contribution in [0.25, 0.3) is 11.4 Å². The summed E-state index contributed by atoms with van der Waals surface area (Å²) in [5, 5.41) is 18.3. The third-order valence-corrected chi connectivity index (χ3v) is 4.37. The number of hydrogen-bond acceptors (Lipinski definition) is 6. The van der Waals surface area contributed by atoms with Crippen LogP contribution in [0.2, 0.25) is 0 Å². The molecule has 1 aromatic heterocycles. The van der Waals surface area contributed by atoms with Crippen molar-refractivity contribution in [2.75, 3.05) is 32.9 Å². The zero-order valence-electron chi connectivity index (χ0n) is 16.5. The van der Waals surface area contributed by atoms with Crippen LogP contribution >= 0.6 is 0 Å². The first-order valence-electron chi connectivity index (χ1n) is 9.28. The van der Waals surface area contributed by atoms with Crippen molar-refractivity contribution >= 4 is 5.91 Å². The van der Waals surface area contributed by atoms with Gasteiger partial charge in [-0.15, -0.1) is 0 Å². The van der Waals surface area contributed by atoms with Crippen molar-refractivity contribution in [3.8, 4) is 17.1 Å². The first-order chi connectivity index (χ1) is 13.4. The Bertz CT molecular complexity index is 873. The molecule has 8 heteroatoms. The van der Waals surface area contributed by atoms with Crippen LogP contribution in [0.1, 0.15) is 35.0 Å². The maximum atomic E-state index is 12.8. The van der Waals surface area contributed by atoms with Gasteiger partial charge in [0, 0.05) is 29.9 Å². The van der Waals surface area contributed by atoms with Gasteiger partial charge in [-0.3, -0.25) is 9.59 Å². The number of rotatable bonds is 9. The zero-order chi connectivity index (χ0) is 20.7. The number of benzene rings is 1. The summed E-state index contributed by atoms with van der Waals surface area (Å²) in [6.07, 6.45) is 0.803. The lowest BCUT2D eigenvalue weighted by Crippen LogP contribution is -2.35. The van der Waals surface area contributed by atoms with Crippen molar-refractivity contribution < 1.29 is 19.7 Å². The molecule has 0 atom stereocenters. The van der Waals surface area contributed by atoms with Crippen molar-refractivity contribution in [2.24, 2.45) is 0 Å². The summed E-state index contributed by atoms with van der Waals surface area (Å²) in [4.78, 5) is 33.5. The lowest BCUT2D eigenvalue weighted by atomic mass is 10.1. The van der Waals surface area contributed by atoms with E-state index in [4.69, 9.17) is 4.74 Å². The summed E-state index contributed by atoms with van der Waals surface area (Å²) >= 11 is 0. The summed E-state index contributed by atoms with van der Waals surface area (Å²) < 4.78 is 5.77. The van der Waals surface area contributed by atoms with Crippen LogP contribution in [-0.4, -0.2) is 63.9 Å². The Kier molecular flexibility index (Phi) is 7.71. The highest BCUT2D eigenvalue weighted by Gasteiger charge is 2.19. The number of carbonyl (C=O) groups excluding carboxylic acids is 1. The highest BCUT2D eigenvalue weighted by Crippen LogP contribution is 2.29. The smallest absolute Gasteiger partial charge is 0.254 e. The van der Waals surface area contributed by atoms with Gasteiger partial charge in [0.1, 0.15) is 11.6 Å². The molecular formula is C20H27N3O5. The fourth-order valence-electron chi connectivity index (χ4n) is 2.70. The van der Waals surface area contributed by atoms with Gasteiger partial charge >= 0.3 is 0 Å². The van der Waals surface area contributed by atoms with E-state index < -0.39 is 0 Å². The third-order valence-electron chi connectivity index (χ3n) is 4.37. The minimum Gasteiger partial charge on any atom is -0.493 e. The Morgan fingerprint density at radius 3 is 2.46 bits per heavy atom. The molecule has 2 aromatic rings. The first-order valence-corrected chi connectivity index (χ1v) is 9.28. The molecule has 28 heavy (non-hydrogen) atoms. The van der Waals surface area contributed by atoms with Crippen LogP contribution in [0.15, 0.2) is 23.0 Å². The Morgan fingerprint density at radius 1 is 1.21 bits per heavy atom. The minimum atomic E-state index is -0.336. The molecule has 1 aromatic carbocycles. The van der Waals surface area contributed by atoms with Gasteiger partial charge < -0.3 is 24.8 Å². The Balaban J connectivity index is 2.53. The van der Waals surface area contributed by atoms with Gasteiger partial charge in [0.15, 0.2) is 0 Å². The molecule has 0 aliphatic carbocycles. The number of aryl methyl sites for hydroxylation is 1. The minimum absolute atomic E-state index is 0.113. The van der Waals surface area contributed by atoms with E-state index in [2.05, 4.69) is 9.97 Å². The molecule has 1 heterocycles. The number of nitrogens with zero attached hydrogens (tertiary/aromatic N) is 2. The molecule has 0 radical (unpaired) electrons. The maximum absolute atomic E-state index is 12.8. The Hall–Kier alpha value is -2.71. The van der Waals surface area contributed by atoms with Gasteiger partial charge in [0.2, 0.25) is 0 Å². The predicted molar refractivity (Wildman–Crippen MR) is 106 cm³/mol. The lowest BCUT2D eigenvalue weighted by Gasteiger charge is -2.21. The maximum Gasteiger partial charge on any atom is 0.254 e. The predicted octanol–water partition coefficient (Wildman–Crippen LogP) is 1.27. The molecule has 0 bridgehead atoms.